The Morgan fingerprint density at radius 3 is 2.20 bits per heavy atom. The highest BCUT2D eigenvalue weighted by atomic mass is 16.5. The van der Waals surface area contributed by atoms with Crippen LogP contribution < -0.4 is 14.2 Å². The maximum absolute atomic E-state index is 9.45. The van der Waals surface area contributed by atoms with Crippen LogP contribution in [0.15, 0.2) is 66.7 Å². The van der Waals surface area contributed by atoms with Gasteiger partial charge in [-0.25, -0.2) is 0 Å². The molecule has 0 aliphatic rings. The lowest BCUT2D eigenvalue weighted by Crippen LogP contribution is -1.95. The van der Waals surface area contributed by atoms with Crippen molar-refractivity contribution >= 4 is 0 Å². The van der Waals surface area contributed by atoms with Crippen LogP contribution >= 0.6 is 0 Å². The zero-order valence-electron chi connectivity index (χ0n) is 14.0. The highest BCUT2D eigenvalue weighted by Gasteiger charge is 2.14. The minimum atomic E-state index is 0.361. The van der Waals surface area contributed by atoms with Gasteiger partial charge in [-0.15, -0.1) is 0 Å². The molecule has 124 valence electrons. The van der Waals surface area contributed by atoms with Gasteiger partial charge in [-0.1, -0.05) is 36.4 Å². The fraction of sp³-hybridized carbons (Fsp3) is 0.0952. The van der Waals surface area contributed by atoms with E-state index in [9.17, 15) is 5.26 Å². The molecular weight excluding hydrogens is 314 g/mol. The van der Waals surface area contributed by atoms with Crippen molar-refractivity contribution in [2.24, 2.45) is 0 Å². The van der Waals surface area contributed by atoms with Gasteiger partial charge in [-0.2, -0.15) is 5.26 Å². The van der Waals surface area contributed by atoms with Crippen molar-refractivity contribution in [3.63, 3.8) is 0 Å². The molecule has 0 spiro atoms. The number of nitriles is 1. The van der Waals surface area contributed by atoms with E-state index >= 15 is 0 Å². The molecule has 0 bridgehead atoms. The third-order valence-corrected chi connectivity index (χ3v) is 3.81. The topological polar surface area (TPSA) is 51.5 Å². The summed E-state index contributed by atoms with van der Waals surface area (Å²) in [6.07, 6.45) is 0. The van der Waals surface area contributed by atoms with Crippen LogP contribution in [0.4, 0.5) is 0 Å². The van der Waals surface area contributed by atoms with E-state index in [1.54, 1.807) is 25.3 Å². The standard InChI is InChI=1S/C21H17NO3/c1-23-16-11-12-21(17(13-16)15-7-4-3-5-8-15)25-20-10-6-9-19(24-2)18(20)14-22/h3-13H,1-2H3. The number of ether oxygens (including phenoxy) is 3. The molecule has 4 heteroatoms. The van der Waals surface area contributed by atoms with Gasteiger partial charge in [-0.05, 0) is 35.9 Å². The summed E-state index contributed by atoms with van der Waals surface area (Å²) in [6, 6.07) is 22.9. The van der Waals surface area contributed by atoms with E-state index in [1.165, 1.54) is 7.11 Å². The van der Waals surface area contributed by atoms with Crippen LogP contribution in [0, 0.1) is 11.3 Å². The van der Waals surface area contributed by atoms with E-state index in [4.69, 9.17) is 14.2 Å². The quantitative estimate of drug-likeness (QED) is 0.657. The second kappa shape index (κ2) is 7.41. The molecule has 4 nitrogen and oxygen atoms in total. The molecule has 3 aromatic rings. The monoisotopic (exact) mass is 331 g/mol. The predicted molar refractivity (Wildman–Crippen MR) is 96.2 cm³/mol. The lowest BCUT2D eigenvalue weighted by molar-refractivity contribution is 0.406. The van der Waals surface area contributed by atoms with Gasteiger partial charge in [0.05, 0.1) is 14.2 Å². The third-order valence-electron chi connectivity index (χ3n) is 3.81. The molecule has 0 aromatic heterocycles. The largest absolute Gasteiger partial charge is 0.497 e. The van der Waals surface area contributed by atoms with Gasteiger partial charge in [0.1, 0.15) is 34.6 Å². The first-order valence-electron chi connectivity index (χ1n) is 7.75. The summed E-state index contributed by atoms with van der Waals surface area (Å²) in [5.41, 5.74) is 2.24. The molecule has 0 heterocycles. The van der Waals surface area contributed by atoms with Crippen LogP contribution in [0.5, 0.6) is 23.0 Å². The lowest BCUT2D eigenvalue weighted by atomic mass is 10.0. The minimum absolute atomic E-state index is 0.361. The summed E-state index contributed by atoms with van der Waals surface area (Å²) < 4.78 is 16.6. The molecule has 3 aromatic carbocycles. The Morgan fingerprint density at radius 2 is 1.52 bits per heavy atom. The fourth-order valence-corrected chi connectivity index (χ4v) is 2.56. The Hall–Kier alpha value is -3.45. The number of methoxy groups -OCH3 is 2. The SMILES string of the molecule is COc1ccc(Oc2cccc(OC)c2C#N)c(-c2ccccc2)c1. The fourth-order valence-electron chi connectivity index (χ4n) is 2.56. The highest BCUT2D eigenvalue weighted by Crippen LogP contribution is 2.38. The van der Waals surface area contributed by atoms with E-state index in [0.717, 1.165) is 16.9 Å². The molecule has 0 amide bonds. The van der Waals surface area contributed by atoms with Gasteiger partial charge in [0.25, 0.3) is 0 Å². The number of hydrogen-bond donors (Lipinski definition) is 0. The zero-order valence-corrected chi connectivity index (χ0v) is 14.0. The second-order valence-corrected chi connectivity index (χ2v) is 5.28. The normalized spacial score (nSPS) is 9.96. The molecule has 0 aliphatic carbocycles. The molecule has 0 atom stereocenters. The molecule has 0 N–H and O–H groups in total. The summed E-state index contributed by atoms with van der Waals surface area (Å²) in [5, 5.41) is 9.45. The van der Waals surface area contributed by atoms with Gasteiger partial charge >= 0.3 is 0 Å². The van der Waals surface area contributed by atoms with Crippen molar-refractivity contribution in [3.8, 4) is 40.2 Å². The molecule has 25 heavy (non-hydrogen) atoms. The van der Waals surface area contributed by atoms with E-state index < -0.39 is 0 Å². The predicted octanol–water partition coefficient (Wildman–Crippen LogP) is 5.03. The van der Waals surface area contributed by atoms with E-state index in [-0.39, 0.29) is 0 Å². The number of benzene rings is 3. The Bertz CT molecular complexity index is 914. The number of nitrogens with zero attached hydrogens (tertiary/aromatic N) is 1. The molecule has 0 saturated carbocycles. The molecule has 0 saturated heterocycles. The van der Waals surface area contributed by atoms with Crippen LogP contribution in [0.1, 0.15) is 5.56 Å². The first-order valence-corrected chi connectivity index (χ1v) is 7.75. The number of hydrogen-bond acceptors (Lipinski definition) is 4. The van der Waals surface area contributed by atoms with Gasteiger partial charge in [0, 0.05) is 5.56 Å². The summed E-state index contributed by atoms with van der Waals surface area (Å²) in [4.78, 5) is 0. The maximum Gasteiger partial charge on any atom is 0.149 e. The highest BCUT2D eigenvalue weighted by molar-refractivity contribution is 5.73. The Morgan fingerprint density at radius 1 is 0.760 bits per heavy atom. The Kier molecular flexibility index (Phi) is 4.87. The summed E-state index contributed by atoms with van der Waals surface area (Å²) in [7, 11) is 3.16. The lowest BCUT2D eigenvalue weighted by Gasteiger charge is -2.15. The first-order chi connectivity index (χ1) is 12.3. The Balaban J connectivity index is 2.09. The van der Waals surface area contributed by atoms with Gasteiger partial charge < -0.3 is 14.2 Å². The van der Waals surface area contributed by atoms with Crippen molar-refractivity contribution in [2.45, 2.75) is 0 Å². The van der Waals surface area contributed by atoms with Crippen LogP contribution in [-0.4, -0.2) is 14.2 Å². The van der Waals surface area contributed by atoms with Gasteiger partial charge in [0.2, 0.25) is 0 Å². The van der Waals surface area contributed by atoms with Crippen molar-refractivity contribution < 1.29 is 14.2 Å². The second-order valence-electron chi connectivity index (χ2n) is 5.28. The molecule has 0 unspecified atom stereocenters. The molecule has 0 radical (unpaired) electrons. The molecule has 0 aliphatic heterocycles. The molecule has 0 fully saturated rings. The molecular formula is C21H17NO3. The summed E-state index contributed by atoms with van der Waals surface area (Å²) in [6.45, 7) is 0. The van der Waals surface area contributed by atoms with Crippen molar-refractivity contribution in [1.82, 2.24) is 0 Å². The average molecular weight is 331 g/mol. The minimum Gasteiger partial charge on any atom is -0.497 e. The van der Waals surface area contributed by atoms with Gasteiger partial charge in [0.15, 0.2) is 0 Å². The summed E-state index contributed by atoms with van der Waals surface area (Å²) >= 11 is 0. The van der Waals surface area contributed by atoms with E-state index in [1.807, 2.05) is 48.5 Å². The van der Waals surface area contributed by atoms with Crippen molar-refractivity contribution in [1.29, 1.82) is 5.26 Å². The van der Waals surface area contributed by atoms with Gasteiger partial charge in [-0.3, -0.25) is 0 Å². The van der Waals surface area contributed by atoms with Crippen molar-refractivity contribution in [2.75, 3.05) is 14.2 Å². The van der Waals surface area contributed by atoms with Crippen LogP contribution in [0.25, 0.3) is 11.1 Å². The van der Waals surface area contributed by atoms with Crippen molar-refractivity contribution in [3.05, 3.63) is 72.3 Å². The number of rotatable bonds is 5. The van der Waals surface area contributed by atoms with Crippen LogP contribution in [-0.2, 0) is 0 Å². The molecule has 3 rings (SSSR count). The smallest absolute Gasteiger partial charge is 0.149 e. The summed E-state index contributed by atoms with van der Waals surface area (Å²) in [5.74, 6) is 2.30. The third kappa shape index (κ3) is 3.41. The average Bonchev–Trinajstić information content (AvgIpc) is 2.68. The Labute approximate surface area is 146 Å². The van der Waals surface area contributed by atoms with E-state index in [2.05, 4.69) is 6.07 Å². The zero-order chi connectivity index (χ0) is 17.6. The maximum atomic E-state index is 9.45. The van der Waals surface area contributed by atoms with E-state index in [0.29, 0.717) is 22.8 Å². The van der Waals surface area contributed by atoms with Crippen LogP contribution in [0.3, 0.4) is 0 Å². The first kappa shape index (κ1) is 16.4. The van der Waals surface area contributed by atoms with Crippen LogP contribution in [0.2, 0.25) is 0 Å².